The Balaban J connectivity index is 2.64. The molecule has 0 saturated heterocycles. The third-order valence-corrected chi connectivity index (χ3v) is 3.32. The van der Waals surface area contributed by atoms with Crippen LogP contribution >= 0.6 is 0 Å². The summed E-state index contributed by atoms with van der Waals surface area (Å²) in [5.74, 6) is 0.302. The largest absolute Gasteiger partial charge is 0.461 e. The molecule has 0 aliphatic carbocycles. The van der Waals surface area contributed by atoms with E-state index in [1.165, 1.54) is 0 Å². The number of rotatable bonds is 4. The number of benzene rings is 1. The van der Waals surface area contributed by atoms with Crippen molar-refractivity contribution in [2.75, 3.05) is 6.61 Å². The molecular weight excluding hydrogens is 278 g/mol. The van der Waals surface area contributed by atoms with Gasteiger partial charge in [0.25, 0.3) is 0 Å². The summed E-state index contributed by atoms with van der Waals surface area (Å²) >= 11 is 0. The molecule has 1 aromatic carbocycles. The van der Waals surface area contributed by atoms with Gasteiger partial charge < -0.3 is 9.30 Å². The third-order valence-electron chi connectivity index (χ3n) is 3.32. The fraction of sp³-hybridized carbons (Fsp3) is 0.353. The lowest BCUT2D eigenvalue weighted by atomic mass is 10.1. The van der Waals surface area contributed by atoms with E-state index in [2.05, 4.69) is 11.1 Å². The number of aryl methyl sites for hydroxylation is 1. The summed E-state index contributed by atoms with van der Waals surface area (Å²) in [4.78, 5) is 16.8. The molecule has 2 aromatic rings. The van der Waals surface area contributed by atoms with Gasteiger partial charge in [-0.25, -0.2) is 9.78 Å². The Hall–Kier alpha value is -2.61. The maximum absolute atomic E-state index is 12.2. The topological polar surface area (TPSA) is 67.9 Å². The average molecular weight is 297 g/mol. The van der Waals surface area contributed by atoms with Crippen LogP contribution in [0.15, 0.2) is 24.3 Å². The molecule has 5 nitrogen and oxygen atoms in total. The summed E-state index contributed by atoms with van der Waals surface area (Å²) < 4.78 is 7.01. The molecule has 0 N–H and O–H groups in total. The first-order chi connectivity index (χ1) is 10.5. The van der Waals surface area contributed by atoms with Gasteiger partial charge in [0.05, 0.1) is 23.9 Å². The van der Waals surface area contributed by atoms with Crippen LogP contribution in [0.25, 0.3) is 11.4 Å². The van der Waals surface area contributed by atoms with E-state index in [1.54, 1.807) is 26.0 Å². The van der Waals surface area contributed by atoms with Crippen LogP contribution in [0.2, 0.25) is 0 Å². The van der Waals surface area contributed by atoms with Gasteiger partial charge in [0.1, 0.15) is 5.82 Å². The quantitative estimate of drug-likeness (QED) is 0.810. The van der Waals surface area contributed by atoms with Gasteiger partial charge in [-0.3, -0.25) is 0 Å². The minimum Gasteiger partial charge on any atom is -0.461 e. The van der Waals surface area contributed by atoms with Crippen molar-refractivity contribution >= 4 is 5.97 Å². The van der Waals surface area contributed by atoms with Gasteiger partial charge >= 0.3 is 5.97 Å². The highest BCUT2D eigenvalue weighted by molar-refractivity contribution is 5.90. The van der Waals surface area contributed by atoms with Crippen LogP contribution in [0.3, 0.4) is 0 Å². The van der Waals surface area contributed by atoms with E-state index in [-0.39, 0.29) is 12.0 Å². The second kappa shape index (κ2) is 6.44. The molecule has 0 aliphatic heterocycles. The van der Waals surface area contributed by atoms with Crippen molar-refractivity contribution in [3.05, 3.63) is 41.2 Å². The van der Waals surface area contributed by atoms with Crippen molar-refractivity contribution in [2.24, 2.45) is 0 Å². The number of carbonyl (C=O) groups excluding carboxylic acids is 1. The predicted molar refractivity (Wildman–Crippen MR) is 83.5 cm³/mol. The van der Waals surface area contributed by atoms with Gasteiger partial charge in [0.2, 0.25) is 0 Å². The van der Waals surface area contributed by atoms with E-state index < -0.39 is 0 Å². The Morgan fingerprint density at radius 1 is 1.45 bits per heavy atom. The highest BCUT2D eigenvalue weighted by Gasteiger charge is 2.24. The number of nitrogens with zero attached hydrogens (tertiary/aromatic N) is 3. The lowest BCUT2D eigenvalue weighted by molar-refractivity contribution is 0.0511. The molecule has 114 valence electrons. The zero-order valence-electron chi connectivity index (χ0n) is 13.3. The lowest BCUT2D eigenvalue weighted by Gasteiger charge is -2.15. The van der Waals surface area contributed by atoms with E-state index in [1.807, 2.05) is 30.5 Å². The minimum absolute atomic E-state index is 0.0429. The summed E-state index contributed by atoms with van der Waals surface area (Å²) in [6, 6.07) is 9.38. The fourth-order valence-electron chi connectivity index (χ4n) is 2.43. The second-order valence-electron chi connectivity index (χ2n) is 5.25. The first-order valence-electron chi connectivity index (χ1n) is 7.26. The number of aromatic nitrogens is 2. The number of ether oxygens (including phenoxy) is 1. The van der Waals surface area contributed by atoms with Crippen LogP contribution in [-0.2, 0) is 4.74 Å². The number of hydrogen-bond acceptors (Lipinski definition) is 4. The van der Waals surface area contributed by atoms with Gasteiger partial charge in [-0.15, -0.1) is 0 Å². The van der Waals surface area contributed by atoms with Crippen molar-refractivity contribution in [1.82, 2.24) is 9.55 Å². The molecule has 0 fully saturated rings. The summed E-state index contributed by atoms with van der Waals surface area (Å²) in [6.07, 6.45) is 0. The first kappa shape index (κ1) is 15.8. The first-order valence-corrected chi connectivity index (χ1v) is 7.26. The molecule has 2 rings (SSSR count). The van der Waals surface area contributed by atoms with Crippen LogP contribution in [0.5, 0.6) is 0 Å². The number of carbonyl (C=O) groups is 1. The number of hydrogen-bond donors (Lipinski definition) is 0. The molecule has 1 heterocycles. The molecular formula is C17H19N3O2. The molecule has 0 spiro atoms. The highest BCUT2D eigenvalue weighted by atomic mass is 16.5. The Kier molecular flexibility index (Phi) is 4.62. The molecule has 0 unspecified atom stereocenters. The van der Waals surface area contributed by atoms with Crippen molar-refractivity contribution in [1.29, 1.82) is 5.26 Å². The van der Waals surface area contributed by atoms with Crippen LogP contribution in [0.1, 0.15) is 48.6 Å². The summed E-state index contributed by atoms with van der Waals surface area (Å²) in [5, 5.41) is 9.05. The second-order valence-corrected chi connectivity index (χ2v) is 5.25. The van der Waals surface area contributed by atoms with Crippen LogP contribution in [0, 0.1) is 18.3 Å². The zero-order chi connectivity index (χ0) is 16.3. The van der Waals surface area contributed by atoms with Gasteiger partial charge in [0, 0.05) is 11.6 Å². The standard InChI is InChI=1S/C17H19N3O2/c1-5-22-17(21)15-12(4)19-16(20(15)11(2)3)14-8-6-7-13(9-14)10-18/h6-9,11H,5H2,1-4H3. The van der Waals surface area contributed by atoms with Crippen LogP contribution in [-0.4, -0.2) is 22.1 Å². The predicted octanol–water partition coefficient (Wildman–Crippen LogP) is 3.49. The Morgan fingerprint density at radius 2 is 2.18 bits per heavy atom. The van der Waals surface area contributed by atoms with E-state index in [0.717, 1.165) is 5.56 Å². The number of esters is 1. The zero-order valence-corrected chi connectivity index (χ0v) is 13.3. The minimum atomic E-state index is -0.371. The fourth-order valence-corrected chi connectivity index (χ4v) is 2.43. The van der Waals surface area contributed by atoms with E-state index >= 15 is 0 Å². The summed E-state index contributed by atoms with van der Waals surface area (Å²) in [6.45, 7) is 7.87. The molecule has 0 amide bonds. The molecule has 0 atom stereocenters. The lowest BCUT2D eigenvalue weighted by Crippen LogP contribution is -2.15. The number of nitriles is 1. The van der Waals surface area contributed by atoms with Crippen molar-refractivity contribution in [3.63, 3.8) is 0 Å². The van der Waals surface area contributed by atoms with Crippen molar-refractivity contribution < 1.29 is 9.53 Å². The van der Waals surface area contributed by atoms with Crippen LogP contribution < -0.4 is 0 Å². The SMILES string of the molecule is CCOC(=O)c1c(C)nc(-c2cccc(C#N)c2)n1C(C)C. The van der Waals surface area contributed by atoms with Crippen molar-refractivity contribution in [2.45, 2.75) is 33.7 Å². The maximum atomic E-state index is 12.2. The van der Waals surface area contributed by atoms with Crippen LogP contribution in [0.4, 0.5) is 0 Å². The number of imidazole rings is 1. The van der Waals surface area contributed by atoms with Crippen molar-refractivity contribution in [3.8, 4) is 17.5 Å². The normalized spacial score (nSPS) is 10.5. The summed E-state index contributed by atoms with van der Waals surface area (Å²) in [7, 11) is 0. The van der Waals surface area contributed by atoms with Gasteiger partial charge in [-0.05, 0) is 39.8 Å². The monoisotopic (exact) mass is 297 g/mol. The average Bonchev–Trinajstić information content (AvgIpc) is 2.85. The van der Waals surface area contributed by atoms with Gasteiger partial charge in [0.15, 0.2) is 5.69 Å². The molecule has 0 bridgehead atoms. The van der Waals surface area contributed by atoms with E-state index in [4.69, 9.17) is 10.00 Å². The molecule has 0 saturated carbocycles. The Bertz CT molecular complexity index is 739. The Labute approximate surface area is 130 Å². The Morgan fingerprint density at radius 3 is 2.77 bits per heavy atom. The van der Waals surface area contributed by atoms with Gasteiger partial charge in [-0.1, -0.05) is 12.1 Å². The molecule has 22 heavy (non-hydrogen) atoms. The molecule has 1 aromatic heterocycles. The summed E-state index contributed by atoms with van der Waals surface area (Å²) in [5.41, 5.74) is 2.47. The van der Waals surface area contributed by atoms with E-state index in [0.29, 0.717) is 29.4 Å². The third kappa shape index (κ3) is 2.86. The van der Waals surface area contributed by atoms with E-state index in [9.17, 15) is 4.79 Å². The molecule has 0 aliphatic rings. The maximum Gasteiger partial charge on any atom is 0.356 e. The molecule has 0 radical (unpaired) electrons. The smallest absolute Gasteiger partial charge is 0.356 e. The van der Waals surface area contributed by atoms with Gasteiger partial charge in [-0.2, -0.15) is 5.26 Å². The highest BCUT2D eigenvalue weighted by Crippen LogP contribution is 2.27. The molecule has 5 heteroatoms.